The number of amides is 1. The molecule has 0 saturated carbocycles. The van der Waals surface area contributed by atoms with E-state index in [1.54, 1.807) is 0 Å². The Kier molecular flexibility index (Phi) is 6.10. The number of hydrogen-bond donors (Lipinski definition) is 2. The van der Waals surface area contributed by atoms with Crippen LogP contribution in [-0.4, -0.2) is 35.7 Å². The zero-order valence-corrected chi connectivity index (χ0v) is 12.3. The van der Waals surface area contributed by atoms with Gasteiger partial charge in [-0.15, -0.1) is 0 Å². The van der Waals surface area contributed by atoms with Gasteiger partial charge in [-0.25, -0.2) is 0 Å². The zero-order chi connectivity index (χ0) is 16.0. The minimum Gasteiger partial charge on any atom is -0.496 e. The molecule has 0 aromatic heterocycles. The molecule has 1 atom stereocenters. The third-order valence-electron chi connectivity index (χ3n) is 2.95. The molecule has 1 unspecified atom stereocenters. The Morgan fingerprint density at radius 1 is 1.48 bits per heavy atom. The van der Waals surface area contributed by atoms with E-state index in [9.17, 15) is 20.0 Å². The van der Waals surface area contributed by atoms with Crippen LogP contribution in [0, 0.1) is 16.0 Å². The molecular formula is C14H20N2O5. The number of non-ortho nitro benzene ring substituents is 1. The van der Waals surface area contributed by atoms with Crippen molar-refractivity contribution in [3.63, 3.8) is 0 Å². The predicted octanol–water partition coefficient (Wildman–Crippen LogP) is 1.74. The molecule has 1 amide bonds. The van der Waals surface area contributed by atoms with Crippen molar-refractivity contribution < 1.29 is 19.6 Å². The zero-order valence-electron chi connectivity index (χ0n) is 12.3. The summed E-state index contributed by atoms with van der Waals surface area (Å²) in [5.41, 5.74) is 0.0506. The molecule has 116 valence electrons. The summed E-state index contributed by atoms with van der Waals surface area (Å²) < 4.78 is 5.03. The topological polar surface area (TPSA) is 102 Å². The number of aliphatic hydroxyl groups excluding tert-OH is 1. The second kappa shape index (κ2) is 7.58. The van der Waals surface area contributed by atoms with Crippen molar-refractivity contribution in [3.8, 4) is 5.75 Å². The molecule has 0 heterocycles. The smallest absolute Gasteiger partial charge is 0.273 e. The number of ether oxygens (including phenoxy) is 1. The molecule has 7 heteroatoms. The third kappa shape index (κ3) is 4.71. The average molecular weight is 296 g/mol. The van der Waals surface area contributed by atoms with Gasteiger partial charge in [-0.05, 0) is 18.4 Å². The van der Waals surface area contributed by atoms with Gasteiger partial charge in [0.05, 0.1) is 36.3 Å². The predicted molar refractivity (Wildman–Crippen MR) is 77.4 cm³/mol. The maximum atomic E-state index is 12.2. The number of carbonyl (C=O) groups excluding carboxylic acids is 1. The normalized spacial score (nSPS) is 12.0. The van der Waals surface area contributed by atoms with Crippen LogP contribution in [0.5, 0.6) is 5.75 Å². The number of hydrogen-bond acceptors (Lipinski definition) is 5. The van der Waals surface area contributed by atoms with Gasteiger partial charge < -0.3 is 15.2 Å². The molecule has 1 rings (SSSR count). The van der Waals surface area contributed by atoms with Crippen molar-refractivity contribution in [2.75, 3.05) is 13.7 Å². The van der Waals surface area contributed by atoms with E-state index in [1.165, 1.54) is 25.3 Å². The number of benzene rings is 1. The summed E-state index contributed by atoms with van der Waals surface area (Å²) in [7, 11) is 1.34. The lowest BCUT2D eigenvalue weighted by Gasteiger charge is -2.19. The van der Waals surface area contributed by atoms with Crippen LogP contribution in [0.3, 0.4) is 0 Å². The maximum Gasteiger partial charge on any atom is 0.273 e. The molecule has 0 saturated heterocycles. The van der Waals surface area contributed by atoms with E-state index in [0.717, 1.165) is 0 Å². The molecule has 0 aliphatic carbocycles. The lowest BCUT2D eigenvalue weighted by molar-refractivity contribution is -0.384. The second-order valence-electron chi connectivity index (χ2n) is 5.12. The van der Waals surface area contributed by atoms with Gasteiger partial charge in [0.1, 0.15) is 5.75 Å². The van der Waals surface area contributed by atoms with Crippen LogP contribution in [-0.2, 0) is 0 Å². The van der Waals surface area contributed by atoms with E-state index in [2.05, 4.69) is 5.32 Å². The maximum absolute atomic E-state index is 12.2. The first-order chi connectivity index (χ1) is 9.88. The number of aliphatic hydroxyl groups is 1. The highest BCUT2D eigenvalue weighted by atomic mass is 16.6. The summed E-state index contributed by atoms with van der Waals surface area (Å²) in [5.74, 6) is 0.0191. The summed E-state index contributed by atoms with van der Waals surface area (Å²) in [5, 5.41) is 22.7. The van der Waals surface area contributed by atoms with Crippen LogP contribution in [0.4, 0.5) is 5.69 Å². The number of nitrogens with zero attached hydrogens (tertiary/aromatic N) is 1. The lowest BCUT2D eigenvalue weighted by atomic mass is 10.0. The molecular weight excluding hydrogens is 276 g/mol. The van der Waals surface area contributed by atoms with E-state index in [-0.39, 0.29) is 29.6 Å². The summed E-state index contributed by atoms with van der Waals surface area (Å²) in [6.07, 6.45) is 0.636. The molecule has 21 heavy (non-hydrogen) atoms. The van der Waals surface area contributed by atoms with Gasteiger partial charge in [0.15, 0.2) is 0 Å². The van der Waals surface area contributed by atoms with Crippen LogP contribution in [0.2, 0.25) is 0 Å². The number of nitro benzene ring substituents is 1. The highest BCUT2D eigenvalue weighted by Crippen LogP contribution is 2.24. The van der Waals surface area contributed by atoms with Crippen molar-refractivity contribution in [1.29, 1.82) is 0 Å². The summed E-state index contributed by atoms with van der Waals surface area (Å²) in [6, 6.07) is 3.42. The number of nitro groups is 1. The number of carbonyl (C=O) groups is 1. The van der Waals surface area contributed by atoms with Crippen LogP contribution >= 0.6 is 0 Å². The molecule has 1 aromatic carbocycles. The molecule has 0 aliphatic rings. The largest absolute Gasteiger partial charge is 0.496 e. The Hall–Kier alpha value is -2.15. The van der Waals surface area contributed by atoms with Crippen molar-refractivity contribution in [2.45, 2.75) is 26.3 Å². The fourth-order valence-corrected chi connectivity index (χ4v) is 1.99. The van der Waals surface area contributed by atoms with Gasteiger partial charge in [0, 0.05) is 6.07 Å². The summed E-state index contributed by atoms with van der Waals surface area (Å²) in [6.45, 7) is 3.81. The van der Waals surface area contributed by atoms with Crippen molar-refractivity contribution in [1.82, 2.24) is 5.32 Å². The number of rotatable bonds is 7. The fourth-order valence-electron chi connectivity index (χ4n) is 1.99. The Balaban J connectivity index is 2.93. The van der Waals surface area contributed by atoms with Crippen molar-refractivity contribution >= 4 is 11.6 Å². The first-order valence-corrected chi connectivity index (χ1v) is 6.63. The van der Waals surface area contributed by atoms with E-state index in [1.807, 2.05) is 13.8 Å². The van der Waals surface area contributed by atoms with E-state index < -0.39 is 10.8 Å². The molecule has 0 aliphatic heterocycles. The first-order valence-electron chi connectivity index (χ1n) is 6.63. The minimum absolute atomic E-state index is 0.128. The average Bonchev–Trinajstić information content (AvgIpc) is 2.44. The molecule has 1 aromatic rings. The number of nitrogens with one attached hydrogen (secondary N) is 1. The second-order valence-corrected chi connectivity index (χ2v) is 5.12. The molecule has 0 spiro atoms. The van der Waals surface area contributed by atoms with Crippen LogP contribution in [0.1, 0.15) is 30.6 Å². The van der Waals surface area contributed by atoms with Gasteiger partial charge in [-0.3, -0.25) is 14.9 Å². The van der Waals surface area contributed by atoms with Gasteiger partial charge in [-0.2, -0.15) is 0 Å². The Labute approximate surface area is 123 Å². The summed E-state index contributed by atoms with van der Waals surface area (Å²) in [4.78, 5) is 22.3. The Morgan fingerprint density at radius 3 is 2.62 bits per heavy atom. The van der Waals surface area contributed by atoms with E-state index in [0.29, 0.717) is 12.3 Å². The monoisotopic (exact) mass is 296 g/mol. The quantitative estimate of drug-likeness (QED) is 0.589. The van der Waals surface area contributed by atoms with Crippen LogP contribution < -0.4 is 10.1 Å². The Bertz CT molecular complexity index is 516. The Morgan fingerprint density at radius 2 is 2.14 bits per heavy atom. The summed E-state index contributed by atoms with van der Waals surface area (Å²) >= 11 is 0. The molecule has 0 radical (unpaired) electrons. The lowest BCUT2D eigenvalue weighted by Crippen LogP contribution is -2.38. The van der Waals surface area contributed by atoms with Gasteiger partial charge >= 0.3 is 0 Å². The highest BCUT2D eigenvalue weighted by Gasteiger charge is 2.19. The molecule has 2 N–H and O–H groups in total. The van der Waals surface area contributed by atoms with Crippen LogP contribution in [0.25, 0.3) is 0 Å². The SMILES string of the molecule is COc1cc([N+](=O)[O-])ccc1C(=O)NC(CO)CC(C)C. The first kappa shape index (κ1) is 16.9. The van der Waals surface area contributed by atoms with Gasteiger partial charge in [0.25, 0.3) is 11.6 Å². The molecule has 0 bridgehead atoms. The van der Waals surface area contributed by atoms with Crippen molar-refractivity contribution in [2.24, 2.45) is 5.92 Å². The third-order valence-corrected chi connectivity index (χ3v) is 2.95. The van der Waals surface area contributed by atoms with Crippen molar-refractivity contribution in [3.05, 3.63) is 33.9 Å². The number of methoxy groups -OCH3 is 1. The highest BCUT2D eigenvalue weighted by molar-refractivity contribution is 5.97. The van der Waals surface area contributed by atoms with Gasteiger partial charge in [0.2, 0.25) is 0 Å². The minimum atomic E-state index is -0.556. The van der Waals surface area contributed by atoms with E-state index in [4.69, 9.17) is 4.74 Å². The molecule has 7 nitrogen and oxygen atoms in total. The van der Waals surface area contributed by atoms with E-state index >= 15 is 0 Å². The van der Waals surface area contributed by atoms with Gasteiger partial charge in [-0.1, -0.05) is 13.8 Å². The standard InChI is InChI=1S/C14H20N2O5/c1-9(2)6-10(8-17)15-14(18)12-5-4-11(16(19)20)7-13(12)21-3/h4-5,7,9-10,17H,6,8H2,1-3H3,(H,15,18). The van der Waals surface area contributed by atoms with Crippen LogP contribution in [0.15, 0.2) is 18.2 Å². The molecule has 0 fully saturated rings. The fraction of sp³-hybridized carbons (Fsp3) is 0.500.